The zero-order valence-electron chi connectivity index (χ0n) is 6.78. The number of ether oxygens (including phenoxy) is 1. The van der Waals surface area contributed by atoms with Crippen LogP contribution in [0.5, 0.6) is 0 Å². The fourth-order valence-corrected chi connectivity index (χ4v) is 1.18. The van der Waals surface area contributed by atoms with Gasteiger partial charge in [0.1, 0.15) is 0 Å². The summed E-state index contributed by atoms with van der Waals surface area (Å²) in [7, 11) is 0. The Morgan fingerprint density at radius 2 is 2.33 bits per heavy atom. The Labute approximate surface area is 77.5 Å². The van der Waals surface area contributed by atoms with E-state index in [-0.39, 0.29) is 24.4 Å². The molecule has 5 heteroatoms. The minimum absolute atomic E-state index is 0. The quantitative estimate of drug-likeness (QED) is 0.684. The first-order valence-corrected chi connectivity index (χ1v) is 3.71. The van der Waals surface area contributed by atoms with Crippen molar-refractivity contribution in [3.63, 3.8) is 0 Å². The van der Waals surface area contributed by atoms with E-state index in [2.05, 4.69) is 0 Å². The second kappa shape index (κ2) is 4.64. The highest BCUT2D eigenvalue weighted by Gasteiger charge is 2.30. The molecule has 0 bridgehead atoms. The summed E-state index contributed by atoms with van der Waals surface area (Å²) in [6, 6.07) is 0. The lowest BCUT2D eigenvalue weighted by molar-refractivity contribution is -0.137. The summed E-state index contributed by atoms with van der Waals surface area (Å²) < 4.78 is 5.07. The van der Waals surface area contributed by atoms with Gasteiger partial charge < -0.3 is 15.6 Å². The predicted molar refractivity (Wildman–Crippen MR) is 46.5 cm³/mol. The third-order valence-corrected chi connectivity index (χ3v) is 1.97. The van der Waals surface area contributed by atoms with Crippen LogP contribution in [0.15, 0.2) is 0 Å². The molecule has 1 heterocycles. The molecule has 0 saturated carbocycles. The molecule has 1 aliphatic heterocycles. The van der Waals surface area contributed by atoms with E-state index in [1.165, 1.54) is 0 Å². The summed E-state index contributed by atoms with van der Waals surface area (Å²) in [5, 5.41) is 8.39. The largest absolute Gasteiger partial charge is 0.481 e. The second-order valence-electron chi connectivity index (χ2n) is 3.06. The lowest BCUT2D eigenvalue weighted by atomic mass is 9.94. The molecule has 3 N–H and O–H groups in total. The normalized spacial score (nSPS) is 28.1. The summed E-state index contributed by atoms with van der Waals surface area (Å²) in [4.78, 5) is 10.2. The Bertz CT molecular complexity index is 157. The number of rotatable bonds is 3. The SMILES string of the molecule is Cl.NC1(CCC(=O)O)CCOC1. The van der Waals surface area contributed by atoms with Crippen LogP contribution in [-0.4, -0.2) is 29.8 Å². The Balaban J connectivity index is 0.00000121. The molecule has 0 amide bonds. The molecule has 4 nitrogen and oxygen atoms in total. The van der Waals surface area contributed by atoms with Crippen molar-refractivity contribution in [1.82, 2.24) is 0 Å². The fourth-order valence-electron chi connectivity index (χ4n) is 1.18. The standard InChI is InChI=1S/C7H13NO3.ClH/c8-7(2-1-6(9)10)3-4-11-5-7;/h1-5,8H2,(H,9,10);1H. The van der Waals surface area contributed by atoms with Crippen LogP contribution in [0.1, 0.15) is 19.3 Å². The predicted octanol–water partition coefficient (Wildman–Crippen LogP) is 0.391. The smallest absolute Gasteiger partial charge is 0.303 e. The molecule has 72 valence electrons. The van der Waals surface area contributed by atoms with Crippen molar-refractivity contribution < 1.29 is 14.6 Å². The highest BCUT2D eigenvalue weighted by Crippen LogP contribution is 2.20. The van der Waals surface area contributed by atoms with Crippen LogP contribution in [0.3, 0.4) is 0 Å². The van der Waals surface area contributed by atoms with Gasteiger partial charge in [-0.1, -0.05) is 0 Å². The number of halogens is 1. The summed E-state index contributed by atoms with van der Waals surface area (Å²) in [6.45, 7) is 1.16. The van der Waals surface area contributed by atoms with Gasteiger partial charge in [0, 0.05) is 18.6 Å². The summed E-state index contributed by atoms with van der Waals surface area (Å²) in [5.74, 6) is -0.790. The zero-order valence-corrected chi connectivity index (χ0v) is 7.60. The van der Waals surface area contributed by atoms with Crippen molar-refractivity contribution in [2.75, 3.05) is 13.2 Å². The molecule has 0 aliphatic carbocycles. The van der Waals surface area contributed by atoms with Crippen LogP contribution in [-0.2, 0) is 9.53 Å². The van der Waals surface area contributed by atoms with Gasteiger partial charge in [0.15, 0.2) is 0 Å². The van der Waals surface area contributed by atoms with Crippen LogP contribution in [0.25, 0.3) is 0 Å². The van der Waals surface area contributed by atoms with Gasteiger partial charge >= 0.3 is 5.97 Å². The van der Waals surface area contributed by atoms with E-state index in [4.69, 9.17) is 15.6 Å². The van der Waals surface area contributed by atoms with Crippen molar-refractivity contribution >= 4 is 18.4 Å². The van der Waals surface area contributed by atoms with E-state index in [0.29, 0.717) is 19.6 Å². The Hall–Kier alpha value is -0.320. The van der Waals surface area contributed by atoms with Crippen LogP contribution in [0, 0.1) is 0 Å². The zero-order chi connectivity index (χ0) is 8.32. The van der Waals surface area contributed by atoms with Gasteiger partial charge in [-0.2, -0.15) is 0 Å². The minimum Gasteiger partial charge on any atom is -0.481 e. The molecule has 1 unspecified atom stereocenters. The molecule has 1 atom stereocenters. The van der Waals surface area contributed by atoms with Crippen molar-refractivity contribution in [2.24, 2.45) is 5.73 Å². The van der Waals surface area contributed by atoms with Gasteiger partial charge in [-0.15, -0.1) is 12.4 Å². The van der Waals surface area contributed by atoms with Gasteiger partial charge in [0.25, 0.3) is 0 Å². The van der Waals surface area contributed by atoms with Crippen molar-refractivity contribution in [2.45, 2.75) is 24.8 Å². The maximum absolute atomic E-state index is 10.2. The van der Waals surface area contributed by atoms with Gasteiger partial charge in [-0.05, 0) is 12.8 Å². The van der Waals surface area contributed by atoms with Crippen molar-refractivity contribution in [3.05, 3.63) is 0 Å². The molecular weight excluding hydrogens is 182 g/mol. The third-order valence-electron chi connectivity index (χ3n) is 1.97. The molecule has 12 heavy (non-hydrogen) atoms. The van der Waals surface area contributed by atoms with E-state index < -0.39 is 5.97 Å². The summed E-state index contributed by atoms with van der Waals surface area (Å²) >= 11 is 0. The van der Waals surface area contributed by atoms with Crippen LogP contribution < -0.4 is 5.73 Å². The molecule has 1 rings (SSSR count). The number of nitrogens with two attached hydrogens (primary N) is 1. The third kappa shape index (κ3) is 3.38. The number of carbonyl (C=O) groups is 1. The van der Waals surface area contributed by atoms with Crippen molar-refractivity contribution in [3.8, 4) is 0 Å². The summed E-state index contributed by atoms with van der Waals surface area (Å²) in [5.41, 5.74) is 5.44. The molecule has 0 aromatic rings. The van der Waals surface area contributed by atoms with E-state index in [1.54, 1.807) is 0 Å². The van der Waals surface area contributed by atoms with E-state index in [0.717, 1.165) is 6.42 Å². The molecule has 0 aromatic heterocycles. The monoisotopic (exact) mass is 195 g/mol. The maximum atomic E-state index is 10.2. The van der Waals surface area contributed by atoms with Crippen LogP contribution in [0.2, 0.25) is 0 Å². The van der Waals surface area contributed by atoms with Gasteiger partial charge in [-0.25, -0.2) is 0 Å². The second-order valence-corrected chi connectivity index (χ2v) is 3.06. The number of carboxylic acid groups (broad SMARTS) is 1. The topological polar surface area (TPSA) is 72.6 Å². The molecule has 0 aromatic carbocycles. The number of aliphatic carboxylic acids is 1. The highest BCUT2D eigenvalue weighted by molar-refractivity contribution is 5.85. The molecule has 0 spiro atoms. The molecule has 1 aliphatic rings. The molecule has 1 saturated heterocycles. The minimum atomic E-state index is -0.790. The van der Waals surface area contributed by atoms with Gasteiger partial charge in [0.05, 0.1) is 6.61 Å². The molecular formula is C7H14ClNO3. The van der Waals surface area contributed by atoms with Gasteiger partial charge in [0.2, 0.25) is 0 Å². The number of carboxylic acids is 1. The Morgan fingerprint density at radius 3 is 2.75 bits per heavy atom. The Morgan fingerprint density at radius 1 is 1.67 bits per heavy atom. The van der Waals surface area contributed by atoms with E-state index >= 15 is 0 Å². The fraction of sp³-hybridized carbons (Fsp3) is 0.857. The highest BCUT2D eigenvalue weighted by atomic mass is 35.5. The summed E-state index contributed by atoms with van der Waals surface area (Å²) in [6.07, 6.45) is 1.43. The van der Waals surface area contributed by atoms with Crippen molar-refractivity contribution in [1.29, 1.82) is 0 Å². The maximum Gasteiger partial charge on any atom is 0.303 e. The Kier molecular flexibility index (Phi) is 4.52. The van der Waals surface area contributed by atoms with Gasteiger partial charge in [-0.3, -0.25) is 4.79 Å². The number of hydrogen-bond acceptors (Lipinski definition) is 3. The van der Waals surface area contributed by atoms with E-state index in [9.17, 15) is 4.79 Å². The lowest BCUT2D eigenvalue weighted by Gasteiger charge is -2.19. The lowest BCUT2D eigenvalue weighted by Crippen LogP contribution is -2.40. The first kappa shape index (κ1) is 11.7. The molecule has 1 fully saturated rings. The van der Waals surface area contributed by atoms with Crippen LogP contribution in [0.4, 0.5) is 0 Å². The first-order valence-electron chi connectivity index (χ1n) is 3.71. The van der Waals surface area contributed by atoms with E-state index in [1.807, 2.05) is 0 Å². The first-order chi connectivity index (χ1) is 5.12. The average molecular weight is 196 g/mol. The number of hydrogen-bond donors (Lipinski definition) is 2. The average Bonchev–Trinajstić information content (AvgIpc) is 2.33. The molecule has 0 radical (unpaired) electrons. The van der Waals surface area contributed by atoms with Crippen LogP contribution >= 0.6 is 12.4 Å².